The van der Waals surface area contributed by atoms with E-state index in [0.717, 1.165) is 30.6 Å². The topological polar surface area (TPSA) is 71.6 Å². The van der Waals surface area contributed by atoms with Gasteiger partial charge in [-0.2, -0.15) is 0 Å². The van der Waals surface area contributed by atoms with E-state index in [9.17, 15) is 4.79 Å². The Hall–Kier alpha value is -1.86. The van der Waals surface area contributed by atoms with Gasteiger partial charge < -0.3 is 14.8 Å². The van der Waals surface area contributed by atoms with Crippen molar-refractivity contribution in [2.75, 3.05) is 13.2 Å². The molecule has 0 bridgehead atoms. The van der Waals surface area contributed by atoms with Gasteiger partial charge in [0.05, 0.1) is 6.10 Å². The van der Waals surface area contributed by atoms with Gasteiger partial charge in [-0.15, -0.1) is 0 Å². The molecule has 7 heteroatoms. The van der Waals surface area contributed by atoms with E-state index >= 15 is 0 Å². The Morgan fingerprint density at radius 1 is 1.42 bits per heavy atom. The Morgan fingerprint density at radius 2 is 2.21 bits per heavy atom. The third-order valence-corrected chi connectivity index (χ3v) is 4.29. The average molecular weight is 351 g/mol. The van der Waals surface area contributed by atoms with Gasteiger partial charge >= 0.3 is 0 Å². The van der Waals surface area contributed by atoms with Crippen LogP contribution in [0.25, 0.3) is 0 Å². The number of carbonyl (C=O) groups is 1. The molecule has 1 heterocycles. The standard InChI is InChI=1S/C17H25N3O3S/c1-11-6-4-8-15(12(11)2)23-13(3)16(21)19-20-17(24)18-10-14-7-5-9-22-14/h4,6,8,13-14H,5,7,9-10H2,1-3H3,(H,19,21)(H2,18,20,24)/t13-,14-/m0/s1. The van der Waals surface area contributed by atoms with Crippen molar-refractivity contribution in [2.45, 2.75) is 45.8 Å². The Balaban J connectivity index is 1.72. The van der Waals surface area contributed by atoms with E-state index in [4.69, 9.17) is 21.7 Å². The number of carbonyl (C=O) groups excluding carboxylic acids is 1. The van der Waals surface area contributed by atoms with Crippen LogP contribution < -0.4 is 20.9 Å². The van der Waals surface area contributed by atoms with Gasteiger partial charge in [-0.05, 0) is 63.0 Å². The van der Waals surface area contributed by atoms with Gasteiger partial charge in [-0.1, -0.05) is 12.1 Å². The average Bonchev–Trinajstić information content (AvgIpc) is 3.08. The van der Waals surface area contributed by atoms with Crippen LogP contribution in [0, 0.1) is 13.8 Å². The summed E-state index contributed by atoms with van der Waals surface area (Å²) >= 11 is 5.13. The van der Waals surface area contributed by atoms with Gasteiger partial charge in [0.1, 0.15) is 5.75 Å². The van der Waals surface area contributed by atoms with Crippen LogP contribution in [0.1, 0.15) is 30.9 Å². The molecule has 1 aromatic carbocycles. The van der Waals surface area contributed by atoms with Crippen LogP contribution in [0.3, 0.4) is 0 Å². The number of rotatable bonds is 5. The summed E-state index contributed by atoms with van der Waals surface area (Å²) in [6.45, 7) is 7.11. The number of amides is 1. The largest absolute Gasteiger partial charge is 0.481 e. The van der Waals surface area contributed by atoms with E-state index in [1.807, 2.05) is 32.0 Å². The molecular formula is C17H25N3O3S. The van der Waals surface area contributed by atoms with Gasteiger partial charge in [-0.25, -0.2) is 0 Å². The lowest BCUT2D eigenvalue weighted by molar-refractivity contribution is -0.127. The van der Waals surface area contributed by atoms with Crippen LogP contribution >= 0.6 is 12.2 Å². The molecule has 24 heavy (non-hydrogen) atoms. The first kappa shape index (κ1) is 18.5. The number of nitrogens with one attached hydrogen (secondary N) is 3. The Kier molecular flexibility index (Phi) is 6.81. The number of thiocarbonyl (C=S) groups is 1. The highest BCUT2D eigenvalue weighted by Crippen LogP contribution is 2.21. The quantitative estimate of drug-likeness (QED) is 0.554. The van der Waals surface area contributed by atoms with E-state index in [0.29, 0.717) is 17.4 Å². The predicted molar refractivity (Wildman–Crippen MR) is 96.9 cm³/mol. The van der Waals surface area contributed by atoms with Crippen molar-refractivity contribution in [3.63, 3.8) is 0 Å². The first-order valence-electron chi connectivity index (χ1n) is 8.15. The fraction of sp³-hybridized carbons (Fsp3) is 0.529. The van der Waals surface area contributed by atoms with E-state index in [1.54, 1.807) is 6.92 Å². The second-order valence-electron chi connectivity index (χ2n) is 5.92. The summed E-state index contributed by atoms with van der Waals surface area (Å²) in [7, 11) is 0. The van der Waals surface area contributed by atoms with Gasteiger partial charge in [0.25, 0.3) is 5.91 Å². The zero-order valence-electron chi connectivity index (χ0n) is 14.3. The SMILES string of the molecule is Cc1cccc(O[C@@H](C)C(=O)NNC(=S)NC[C@@H]2CCCO2)c1C. The minimum absolute atomic E-state index is 0.187. The molecule has 1 saturated heterocycles. The van der Waals surface area contributed by atoms with Crippen molar-refractivity contribution in [3.8, 4) is 5.75 Å². The predicted octanol–water partition coefficient (Wildman–Crippen LogP) is 1.75. The maximum absolute atomic E-state index is 12.1. The van der Waals surface area contributed by atoms with Crippen molar-refractivity contribution in [3.05, 3.63) is 29.3 Å². The van der Waals surface area contributed by atoms with Crippen LogP contribution in [0.5, 0.6) is 5.75 Å². The van der Waals surface area contributed by atoms with Gasteiger partial charge in [0.15, 0.2) is 11.2 Å². The van der Waals surface area contributed by atoms with Gasteiger partial charge in [0.2, 0.25) is 0 Å². The van der Waals surface area contributed by atoms with Crippen LogP contribution in [-0.2, 0) is 9.53 Å². The van der Waals surface area contributed by atoms with Gasteiger partial charge in [-0.3, -0.25) is 15.6 Å². The molecule has 0 radical (unpaired) electrons. The molecule has 1 aliphatic heterocycles. The fourth-order valence-corrected chi connectivity index (χ4v) is 2.51. The molecular weight excluding hydrogens is 326 g/mol. The Labute approximate surface area is 148 Å². The number of hydrazine groups is 1. The third kappa shape index (κ3) is 5.35. The number of benzene rings is 1. The summed E-state index contributed by atoms with van der Waals surface area (Å²) in [5, 5.41) is 3.38. The third-order valence-electron chi connectivity index (χ3n) is 4.04. The second-order valence-corrected chi connectivity index (χ2v) is 6.33. The van der Waals surface area contributed by atoms with E-state index in [-0.39, 0.29) is 12.0 Å². The molecule has 6 nitrogen and oxygen atoms in total. The van der Waals surface area contributed by atoms with Crippen molar-refractivity contribution in [1.29, 1.82) is 0 Å². The lowest BCUT2D eigenvalue weighted by atomic mass is 10.1. The summed E-state index contributed by atoms with van der Waals surface area (Å²) in [4.78, 5) is 12.1. The number of aryl methyl sites for hydroxylation is 1. The molecule has 1 aliphatic rings. The van der Waals surface area contributed by atoms with Crippen LogP contribution in [-0.4, -0.2) is 36.4 Å². The maximum atomic E-state index is 12.1. The summed E-state index contributed by atoms with van der Waals surface area (Å²) in [5.74, 6) is 0.411. The molecule has 0 saturated carbocycles. The Morgan fingerprint density at radius 3 is 2.92 bits per heavy atom. The molecule has 1 aromatic rings. The van der Waals surface area contributed by atoms with Crippen LogP contribution in [0.4, 0.5) is 0 Å². The van der Waals surface area contributed by atoms with E-state index in [2.05, 4.69) is 16.2 Å². The lowest BCUT2D eigenvalue weighted by Gasteiger charge is -2.18. The summed E-state index contributed by atoms with van der Waals surface area (Å²) in [6.07, 6.45) is 1.66. The fourth-order valence-electron chi connectivity index (χ4n) is 2.37. The molecule has 1 amide bonds. The monoisotopic (exact) mass is 351 g/mol. The van der Waals surface area contributed by atoms with Crippen molar-refractivity contribution in [2.24, 2.45) is 0 Å². The molecule has 1 fully saturated rings. The lowest BCUT2D eigenvalue weighted by Crippen LogP contribution is -2.51. The van der Waals surface area contributed by atoms with E-state index in [1.165, 1.54) is 0 Å². The van der Waals surface area contributed by atoms with Crippen molar-refractivity contribution in [1.82, 2.24) is 16.2 Å². The molecule has 0 spiro atoms. The minimum Gasteiger partial charge on any atom is -0.481 e. The van der Waals surface area contributed by atoms with Crippen LogP contribution in [0.2, 0.25) is 0 Å². The summed E-state index contributed by atoms with van der Waals surface area (Å²) in [5.41, 5.74) is 7.39. The molecule has 2 atom stereocenters. The zero-order chi connectivity index (χ0) is 17.5. The molecule has 3 N–H and O–H groups in total. The minimum atomic E-state index is -0.640. The normalized spacial score (nSPS) is 17.9. The molecule has 0 aliphatic carbocycles. The number of hydrogen-bond donors (Lipinski definition) is 3. The molecule has 0 aromatic heterocycles. The highest BCUT2D eigenvalue weighted by molar-refractivity contribution is 7.80. The number of ether oxygens (including phenoxy) is 2. The maximum Gasteiger partial charge on any atom is 0.279 e. The Bertz CT molecular complexity index is 588. The first-order chi connectivity index (χ1) is 11.5. The smallest absolute Gasteiger partial charge is 0.279 e. The zero-order valence-corrected chi connectivity index (χ0v) is 15.2. The van der Waals surface area contributed by atoms with Gasteiger partial charge in [0, 0.05) is 13.2 Å². The summed E-state index contributed by atoms with van der Waals surface area (Å²) < 4.78 is 11.2. The van der Waals surface area contributed by atoms with Crippen molar-refractivity contribution < 1.29 is 14.3 Å². The number of hydrogen-bond acceptors (Lipinski definition) is 4. The van der Waals surface area contributed by atoms with Crippen LogP contribution in [0.15, 0.2) is 18.2 Å². The first-order valence-corrected chi connectivity index (χ1v) is 8.56. The highest BCUT2D eigenvalue weighted by Gasteiger charge is 2.17. The summed E-state index contributed by atoms with van der Waals surface area (Å²) in [6, 6.07) is 5.77. The molecule has 2 rings (SSSR count). The molecule has 0 unspecified atom stereocenters. The van der Waals surface area contributed by atoms with Crippen molar-refractivity contribution >= 4 is 23.2 Å². The highest BCUT2D eigenvalue weighted by atomic mass is 32.1. The van der Waals surface area contributed by atoms with E-state index < -0.39 is 6.10 Å². The second kappa shape index (κ2) is 8.84. The molecule has 132 valence electrons.